The van der Waals surface area contributed by atoms with Gasteiger partial charge in [-0.05, 0) is 12.2 Å². The zero-order valence-electron chi connectivity index (χ0n) is 16.2. The van der Waals surface area contributed by atoms with Gasteiger partial charge in [-0.15, -0.1) is 6.58 Å². The van der Waals surface area contributed by atoms with Crippen molar-refractivity contribution in [2.45, 2.75) is 6.42 Å². The van der Waals surface area contributed by atoms with Crippen molar-refractivity contribution < 1.29 is 28.8 Å². The standard InChI is InChI=1S/C8H19NO2S.C6H12O2.C3H8O2/c1-10-5-6-11-4-2-7-12-8-3-9;1-3-4-8-6-5-7-2;1-5-3-2-4/h2-9H2,1H3;3H,1,4-6H2,2H3;4H,2-3H2,1H3. The van der Waals surface area contributed by atoms with E-state index in [1.165, 1.54) is 0 Å². The van der Waals surface area contributed by atoms with Gasteiger partial charge in [-0.25, -0.2) is 0 Å². The number of thioether (sulfide) groups is 1. The number of aliphatic hydroxyl groups is 1. The van der Waals surface area contributed by atoms with E-state index in [1.807, 2.05) is 11.8 Å². The van der Waals surface area contributed by atoms with Crippen molar-refractivity contribution in [1.82, 2.24) is 0 Å². The normalized spacial score (nSPS) is 9.64. The second-order valence-corrected chi connectivity index (χ2v) is 5.66. The van der Waals surface area contributed by atoms with E-state index < -0.39 is 0 Å². The third-order valence-electron chi connectivity index (χ3n) is 2.23. The van der Waals surface area contributed by atoms with E-state index in [1.54, 1.807) is 27.4 Å². The van der Waals surface area contributed by atoms with Gasteiger partial charge >= 0.3 is 0 Å². The molecule has 7 nitrogen and oxygen atoms in total. The van der Waals surface area contributed by atoms with E-state index in [0.29, 0.717) is 39.6 Å². The number of methoxy groups -OCH3 is 3. The van der Waals surface area contributed by atoms with Gasteiger partial charge in [-0.2, -0.15) is 11.8 Å². The van der Waals surface area contributed by atoms with E-state index in [0.717, 1.165) is 31.1 Å². The van der Waals surface area contributed by atoms with Crippen LogP contribution in [0, 0.1) is 0 Å². The van der Waals surface area contributed by atoms with Crippen LogP contribution in [0.2, 0.25) is 0 Å². The molecule has 0 aliphatic rings. The topological polar surface area (TPSA) is 92.4 Å². The number of nitrogens with two attached hydrogens (primary N) is 1. The molecule has 0 aromatic carbocycles. The second kappa shape index (κ2) is 35.0. The van der Waals surface area contributed by atoms with Crippen LogP contribution in [-0.4, -0.2) is 97.3 Å². The maximum atomic E-state index is 7.94. The summed E-state index contributed by atoms with van der Waals surface area (Å²) in [7, 11) is 4.88. The molecule has 154 valence electrons. The van der Waals surface area contributed by atoms with Crippen molar-refractivity contribution in [3.8, 4) is 0 Å². The Morgan fingerprint density at radius 1 is 0.880 bits per heavy atom. The van der Waals surface area contributed by atoms with Crippen LogP contribution in [0.25, 0.3) is 0 Å². The average molecular weight is 386 g/mol. The molecule has 0 aromatic rings. The first kappa shape index (κ1) is 29.6. The van der Waals surface area contributed by atoms with Gasteiger partial charge < -0.3 is 34.5 Å². The quantitative estimate of drug-likeness (QED) is 0.302. The van der Waals surface area contributed by atoms with E-state index in [9.17, 15) is 0 Å². The Labute approximate surface area is 158 Å². The van der Waals surface area contributed by atoms with E-state index in [4.69, 9.17) is 29.8 Å². The predicted molar refractivity (Wildman–Crippen MR) is 106 cm³/mol. The molecule has 0 aromatic heterocycles. The summed E-state index contributed by atoms with van der Waals surface area (Å²) in [5.41, 5.74) is 5.34. The van der Waals surface area contributed by atoms with E-state index in [2.05, 4.69) is 11.3 Å². The fourth-order valence-corrected chi connectivity index (χ4v) is 1.79. The van der Waals surface area contributed by atoms with Gasteiger partial charge in [0.25, 0.3) is 0 Å². The molecule has 0 atom stereocenters. The summed E-state index contributed by atoms with van der Waals surface area (Å²) in [5.74, 6) is 2.20. The molecular weight excluding hydrogens is 346 g/mol. The summed E-state index contributed by atoms with van der Waals surface area (Å²) in [6.07, 6.45) is 2.82. The number of rotatable bonds is 16. The fraction of sp³-hybridized carbons (Fsp3) is 0.882. The third kappa shape index (κ3) is 45.3. The SMILES string of the molecule is C=CCOCCOC.COCCO.COCCOCCCSCCN. The lowest BCUT2D eigenvalue weighted by atomic mass is 10.5. The van der Waals surface area contributed by atoms with Gasteiger partial charge in [0.1, 0.15) is 0 Å². The third-order valence-corrected chi connectivity index (χ3v) is 3.34. The van der Waals surface area contributed by atoms with Crippen molar-refractivity contribution in [1.29, 1.82) is 0 Å². The molecule has 0 aliphatic carbocycles. The minimum Gasteiger partial charge on any atom is -0.394 e. The smallest absolute Gasteiger partial charge is 0.0704 e. The molecule has 25 heavy (non-hydrogen) atoms. The Kier molecular flexibility index (Phi) is 41.4. The molecule has 8 heteroatoms. The molecule has 0 unspecified atom stereocenters. The molecular formula is C17H39NO6S. The summed E-state index contributed by atoms with van der Waals surface area (Å²) in [4.78, 5) is 0. The Morgan fingerprint density at radius 3 is 1.92 bits per heavy atom. The van der Waals surface area contributed by atoms with E-state index in [-0.39, 0.29) is 6.61 Å². The molecule has 0 saturated carbocycles. The molecule has 3 N–H and O–H groups in total. The van der Waals surface area contributed by atoms with Crippen molar-refractivity contribution in [2.24, 2.45) is 5.73 Å². The molecule has 0 saturated heterocycles. The van der Waals surface area contributed by atoms with E-state index >= 15 is 0 Å². The van der Waals surface area contributed by atoms with Crippen LogP contribution < -0.4 is 5.73 Å². The molecule has 0 aliphatic heterocycles. The van der Waals surface area contributed by atoms with Crippen LogP contribution in [0.4, 0.5) is 0 Å². The predicted octanol–water partition coefficient (Wildman–Crippen LogP) is 1.19. The molecule has 0 heterocycles. The Morgan fingerprint density at radius 2 is 1.48 bits per heavy atom. The second-order valence-electron chi connectivity index (χ2n) is 4.43. The van der Waals surface area contributed by atoms with Gasteiger partial charge in [0.05, 0.1) is 46.2 Å². The highest BCUT2D eigenvalue weighted by Gasteiger charge is 1.89. The number of hydrogen-bond donors (Lipinski definition) is 2. The van der Waals surface area contributed by atoms with Crippen LogP contribution in [0.5, 0.6) is 0 Å². The summed E-state index contributed by atoms with van der Waals surface area (Å²) < 4.78 is 24.3. The van der Waals surface area contributed by atoms with Crippen LogP contribution in [0.1, 0.15) is 6.42 Å². The minimum absolute atomic E-state index is 0.122. The maximum Gasteiger partial charge on any atom is 0.0704 e. The van der Waals surface area contributed by atoms with Gasteiger partial charge in [0, 0.05) is 40.2 Å². The minimum atomic E-state index is 0.122. The Bertz CT molecular complexity index is 202. The highest BCUT2D eigenvalue weighted by atomic mass is 32.2. The number of ether oxygens (including phenoxy) is 5. The molecule has 0 amide bonds. The number of aliphatic hydroxyl groups excluding tert-OH is 1. The first-order valence-electron chi connectivity index (χ1n) is 8.36. The summed E-state index contributed by atoms with van der Waals surface area (Å²) in [6.45, 7) is 8.99. The maximum absolute atomic E-state index is 7.94. The zero-order chi connectivity index (χ0) is 19.4. The molecule has 0 rings (SSSR count). The first-order chi connectivity index (χ1) is 12.2. The Hall–Kier alpha value is -0.190. The van der Waals surface area contributed by atoms with Gasteiger partial charge in [-0.3, -0.25) is 0 Å². The van der Waals surface area contributed by atoms with Crippen LogP contribution in [0.3, 0.4) is 0 Å². The number of hydrogen-bond acceptors (Lipinski definition) is 8. The fourth-order valence-electron chi connectivity index (χ4n) is 1.09. The van der Waals surface area contributed by atoms with Gasteiger partial charge in [-0.1, -0.05) is 6.08 Å². The molecule has 0 spiro atoms. The lowest BCUT2D eigenvalue weighted by molar-refractivity contribution is 0.0713. The van der Waals surface area contributed by atoms with Gasteiger partial charge in [0.15, 0.2) is 0 Å². The molecule has 0 radical (unpaired) electrons. The van der Waals surface area contributed by atoms with Crippen LogP contribution in [-0.2, 0) is 23.7 Å². The first-order valence-corrected chi connectivity index (χ1v) is 9.52. The lowest BCUT2D eigenvalue weighted by Gasteiger charge is -2.02. The zero-order valence-corrected chi connectivity index (χ0v) is 17.1. The monoisotopic (exact) mass is 385 g/mol. The van der Waals surface area contributed by atoms with Crippen molar-refractivity contribution in [3.05, 3.63) is 12.7 Å². The van der Waals surface area contributed by atoms with Crippen LogP contribution >= 0.6 is 11.8 Å². The average Bonchev–Trinajstić information content (AvgIpc) is 2.63. The highest BCUT2D eigenvalue weighted by Crippen LogP contribution is 2.00. The molecule has 0 fully saturated rings. The molecule has 0 bridgehead atoms. The largest absolute Gasteiger partial charge is 0.394 e. The highest BCUT2D eigenvalue weighted by molar-refractivity contribution is 7.99. The Balaban J connectivity index is -0.000000321. The lowest BCUT2D eigenvalue weighted by Crippen LogP contribution is -2.05. The summed E-state index contributed by atoms with van der Waals surface area (Å²) >= 11 is 1.88. The summed E-state index contributed by atoms with van der Waals surface area (Å²) in [6, 6.07) is 0. The van der Waals surface area contributed by atoms with Crippen molar-refractivity contribution in [3.63, 3.8) is 0 Å². The summed E-state index contributed by atoms with van der Waals surface area (Å²) in [5, 5.41) is 7.94. The van der Waals surface area contributed by atoms with Crippen LogP contribution in [0.15, 0.2) is 12.7 Å². The van der Waals surface area contributed by atoms with Crippen molar-refractivity contribution in [2.75, 3.05) is 92.2 Å². The van der Waals surface area contributed by atoms with Gasteiger partial charge in [0.2, 0.25) is 0 Å². The van der Waals surface area contributed by atoms with Crippen molar-refractivity contribution >= 4 is 11.8 Å².